The molecule has 0 aliphatic heterocycles. The van der Waals surface area contributed by atoms with Crippen LogP contribution in [0.1, 0.15) is 12.5 Å². The highest BCUT2D eigenvalue weighted by Gasteiger charge is 2.22. The molecule has 28 heavy (non-hydrogen) atoms. The lowest BCUT2D eigenvalue weighted by atomic mass is 10.2. The van der Waals surface area contributed by atoms with Crippen molar-refractivity contribution in [1.82, 2.24) is 9.73 Å². The van der Waals surface area contributed by atoms with Crippen molar-refractivity contribution in [2.24, 2.45) is 5.10 Å². The average Bonchev–Trinajstić information content (AvgIpc) is 2.63. The standard InChI is InChI=1S/C18H19FN4O4S/c1-13(24)21-15-7-9-16(10-8-15)28(26,27)23(2)12-18(25)22-20-11-14-5-3-4-6-17(14)19/h3-11H,12H2,1-2H3,(H,21,24)(H,22,25)/b20-11-. The molecular formula is C18H19FN4O4S. The van der Waals surface area contributed by atoms with E-state index in [1.807, 2.05) is 0 Å². The van der Waals surface area contributed by atoms with Crippen LogP contribution in [-0.2, 0) is 19.6 Å². The summed E-state index contributed by atoms with van der Waals surface area (Å²) in [6, 6.07) is 11.4. The maximum absolute atomic E-state index is 13.5. The highest BCUT2D eigenvalue weighted by atomic mass is 32.2. The molecular weight excluding hydrogens is 387 g/mol. The number of carbonyl (C=O) groups is 2. The normalized spacial score (nSPS) is 11.6. The molecule has 0 aromatic heterocycles. The number of hydrazone groups is 1. The Bertz CT molecular complexity index is 991. The van der Waals surface area contributed by atoms with E-state index >= 15 is 0 Å². The van der Waals surface area contributed by atoms with Crippen LogP contribution in [0, 0.1) is 5.82 Å². The molecule has 0 heterocycles. The number of rotatable bonds is 7. The number of benzene rings is 2. The Labute approximate surface area is 162 Å². The lowest BCUT2D eigenvalue weighted by Crippen LogP contribution is -2.36. The highest BCUT2D eigenvalue weighted by molar-refractivity contribution is 7.89. The van der Waals surface area contributed by atoms with Crippen LogP contribution >= 0.6 is 0 Å². The molecule has 0 saturated heterocycles. The van der Waals surface area contributed by atoms with E-state index in [-0.39, 0.29) is 16.4 Å². The van der Waals surface area contributed by atoms with E-state index in [2.05, 4.69) is 15.8 Å². The molecule has 10 heteroatoms. The Morgan fingerprint density at radius 3 is 2.39 bits per heavy atom. The molecule has 2 amide bonds. The fraction of sp³-hybridized carbons (Fsp3) is 0.167. The summed E-state index contributed by atoms with van der Waals surface area (Å²) in [5.74, 6) is -1.46. The van der Waals surface area contributed by atoms with E-state index in [0.29, 0.717) is 5.69 Å². The van der Waals surface area contributed by atoms with Gasteiger partial charge in [0.05, 0.1) is 17.7 Å². The smallest absolute Gasteiger partial charge is 0.255 e. The second-order valence-electron chi connectivity index (χ2n) is 5.78. The minimum Gasteiger partial charge on any atom is -0.326 e. The number of anilines is 1. The van der Waals surface area contributed by atoms with Crippen LogP contribution in [-0.4, -0.2) is 44.3 Å². The van der Waals surface area contributed by atoms with Gasteiger partial charge in [0, 0.05) is 25.2 Å². The Hall–Kier alpha value is -3.11. The number of nitrogens with zero attached hydrogens (tertiary/aromatic N) is 2. The van der Waals surface area contributed by atoms with Gasteiger partial charge in [-0.1, -0.05) is 18.2 Å². The molecule has 0 saturated carbocycles. The molecule has 148 valence electrons. The topological polar surface area (TPSA) is 108 Å². The first-order chi connectivity index (χ1) is 13.2. The van der Waals surface area contributed by atoms with Crippen molar-refractivity contribution in [3.63, 3.8) is 0 Å². The molecule has 8 nitrogen and oxygen atoms in total. The summed E-state index contributed by atoms with van der Waals surface area (Å²) < 4.78 is 39.3. The van der Waals surface area contributed by atoms with E-state index in [9.17, 15) is 22.4 Å². The van der Waals surface area contributed by atoms with Crippen LogP contribution in [0.15, 0.2) is 58.5 Å². The molecule has 2 N–H and O–H groups in total. The highest BCUT2D eigenvalue weighted by Crippen LogP contribution is 2.17. The van der Waals surface area contributed by atoms with Gasteiger partial charge < -0.3 is 5.32 Å². The summed E-state index contributed by atoms with van der Waals surface area (Å²) in [4.78, 5) is 22.9. The Morgan fingerprint density at radius 2 is 1.79 bits per heavy atom. The second-order valence-corrected chi connectivity index (χ2v) is 7.83. The zero-order valence-electron chi connectivity index (χ0n) is 15.2. The Morgan fingerprint density at radius 1 is 1.14 bits per heavy atom. The van der Waals surface area contributed by atoms with E-state index in [4.69, 9.17) is 0 Å². The van der Waals surface area contributed by atoms with Gasteiger partial charge in [0.1, 0.15) is 5.82 Å². The van der Waals surface area contributed by atoms with Gasteiger partial charge >= 0.3 is 0 Å². The number of halogens is 1. The number of amides is 2. The minimum atomic E-state index is -3.92. The first-order valence-electron chi connectivity index (χ1n) is 8.10. The van der Waals surface area contributed by atoms with Crippen molar-refractivity contribution in [2.45, 2.75) is 11.8 Å². The summed E-state index contributed by atoms with van der Waals surface area (Å²) in [6.07, 6.45) is 1.13. The molecule has 0 atom stereocenters. The van der Waals surface area contributed by atoms with Crippen LogP contribution in [0.5, 0.6) is 0 Å². The van der Waals surface area contributed by atoms with Crippen molar-refractivity contribution in [3.8, 4) is 0 Å². The predicted molar refractivity (Wildman–Crippen MR) is 103 cm³/mol. The molecule has 0 fully saturated rings. The van der Waals surface area contributed by atoms with Crippen LogP contribution in [0.2, 0.25) is 0 Å². The molecule has 0 aliphatic carbocycles. The summed E-state index contributed by atoms with van der Waals surface area (Å²) in [6.45, 7) is 0.857. The summed E-state index contributed by atoms with van der Waals surface area (Å²) in [7, 11) is -2.67. The number of sulfonamides is 1. The molecule has 0 spiro atoms. The maximum atomic E-state index is 13.5. The maximum Gasteiger partial charge on any atom is 0.255 e. The van der Waals surface area contributed by atoms with Crippen molar-refractivity contribution in [2.75, 3.05) is 18.9 Å². The number of hydrogen-bond acceptors (Lipinski definition) is 5. The Balaban J connectivity index is 1.98. The zero-order chi connectivity index (χ0) is 20.7. The van der Waals surface area contributed by atoms with Gasteiger partial charge in [0.15, 0.2) is 0 Å². The lowest BCUT2D eigenvalue weighted by Gasteiger charge is -2.16. The van der Waals surface area contributed by atoms with E-state index in [0.717, 1.165) is 10.5 Å². The fourth-order valence-electron chi connectivity index (χ4n) is 2.17. The van der Waals surface area contributed by atoms with Crippen LogP contribution in [0.4, 0.5) is 10.1 Å². The number of nitrogens with one attached hydrogen (secondary N) is 2. The SMILES string of the molecule is CC(=O)Nc1ccc(S(=O)(=O)N(C)CC(=O)N/N=C\c2ccccc2F)cc1. The second kappa shape index (κ2) is 9.20. The monoisotopic (exact) mass is 406 g/mol. The average molecular weight is 406 g/mol. The largest absolute Gasteiger partial charge is 0.326 e. The molecule has 0 radical (unpaired) electrons. The third-order valence-electron chi connectivity index (χ3n) is 3.55. The van der Waals surface area contributed by atoms with Gasteiger partial charge in [-0.15, -0.1) is 0 Å². The number of carbonyl (C=O) groups excluding carboxylic acids is 2. The summed E-state index contributed by atoms with van der Waals surface area (Å²) >= 11 is 0. The van der Waals surface area contributed by atoms with Crippen molar-refractivity contribution < 1.29 is 22.4 Å². The first-order valence-corrected chi connectivity index (χ1v) is 9.54. The summed E-state index contributed by atoms with van der Waals surface area (Å²) in [5.41, 5.74) is 2.79. The fourth-order valence-corrected chi connectivity index (χ4v) is 3.30. The van der Waals surface area contributed by atoms with Gasteiger partial charge in [-0.3, -0.25) is 9.59 Å². The van der Waals surface area contributed by atoms with Gasteiger partial charge in [0.2, 0.25) is 15.9 Å². The van der Waals surface area contributed by atoms with Crippen LogP contribution < -0.4 is 10.7 Å². The molecule has 0 unspecified atom stereocenters. The zero-order valence-corrected chi connectivity index (χ0v) is 16.0. The van der Waals surface area contributed by atoms with Crippen molar-refractivity contribution in [1.29, 1.82) is 0 Å². The van der Waals surface area contributed by atoms with Gasteiger partial charge in [-0.2, -0.15) is 9.41 Å². The molecule has 2 aromatic carbocycles. The van der Waals surface area contributed by atoms with Crippen LogP contribution in [0.3, 0.4) is 0 Å². The lowest BCUT2D eigenvalue weighted by molar-refractivity contribution is -0.121. The molecule has 2 rings (SSSR count). The number of likely N-dealkylation sites (N-methyl/N-ethyl adjacent to an activating group) is 1. The first kappa shape index (κ1) is 21.2. The van der Waals surface area contributed by atoms with E-state index in [1.54, 1.807) is 6.07 Å². The molecule has 0 aliphatic rings. The van der Waals surface area contributed by atoms with Crippen LogP contribution in [0.25, 0.3) is 0 Å². The summed E-state index contributed by atoms with van der Waals surface area (Å²) in [5, 5.41) is 6.15. The number of hydrogen-bond donors (Lipinski definition) is 2. The molecule has 2 aromatic rings. The minimum absolute atomic E-state index is 0.0354. The Kier molecular flexibility index (Phi) is 6.96. The quantitative estimate of drug-likeness (QED) is 0.537. The van der Waals surface area contributed by atoms with Crippen molar-refractivity contribution in [3.05, 3.63) is 59.9 Å². The van der Waals surface area contributed by atoms with E-state index < -0.39 is 28.3 Å². The van der Waals surface area contributed by atoms with E-state index in [1.165, 1.54) is 56.4 Å². The van der Waals surface area contributed by atoms with Crippen molar-refractivity contribution >= 4 is 33.7 Å². The van der Waals surface area contributed by atoms with Gasteiger partial charge in [0.25, 0.3) is 5.91 Å². The van der Waals surface area contributed by atoms with Gasteiger partial charge in [-0.05, 0) is 30.3 Å². The predicted octanol–water partition coefficient (Wildman–Crippen LogP) is 1.55. The van der Waals surface area contributed by atoms with Gasteiger partial charge in [-0.25, -0.2) is 18.2 Å². The third-order valence-corrected chi connectivity index (χ3v) is 5.36. The molecule has 0 bridgehead atoms. The third kappa shape index (κ3) is 5.69.